The van der Waals surface area contributed by atoms with Crippen LogP contribution in [0.2, 0.25) is 0 Å². The van der Waals surface area contributed by atoms with Crippen LogP contribution < -0.4 is 9.47 Å². The Labute approximate surface area is 216 Å². The molecule has 9 heteroatoms. The zero-order valence-electron chi connectivity index (χ0n) is 20.7. The molecule has 1 N–H and O–H groups in total. The molecule has 4 aromatic rings. The average molecular weight is 527 g/mol. The first-order valence-corrected chi connectivity index (χ1v) is 12.4. The molecular weight excluding hydrogens is 500 g/mol. The molecule has 38 heavy (non-hydrogen) atoms. The van der Waals surface area contributed by atoms with Gasteiger partial charge in [-0.05, 0) is 59.9 Å². The van der Waals surface area contributed by atoms with Gasteiger partial charge in [0.2, 0.25) is 0 Å². The Hall–Kier alpha value is -3.56. The van der Waals surface area contributed by atoms with Crippen LogP contribution in [0.5, 0.6) is 11.5 Å². The largest absolute Gasteiger partial charge is 0.493 e. The van der Waals surface area contributed by atoms with Crippen LogP contribution in [0, 0.1) is 5.82 Å². The second-order valence-electron chi connectivity index (χ2n) is 9.75. The van der Waals surface area contributed by atoms with Crippen LogP contribution in [0.15, 0.2) is 54.6 Å². The first kappa shape index (κ1) is 24.8. The summed E-state index contributed by atoms with van der Waals surface area (Å²) in [5.41, 5.74) is 4.63. The van der Waals surface area contributed by atoms with Crippen LogP contribution in [-0.4, -0.2) is 28.2 Å². The highest BCUT2D eigenvalue weighted by atomic mass is 19.4. The van der Waals surface area contributed by atoms with Gasteiger partial charge in [-0.2, -0.15) is 13.2 Å². The maximum absolute atomic E-state index is 14.3. The Morgan fingerprint density at radius 3 is 2.61 bits per heavy atom. The third-order valence-corrected chi connectivity index (χ3v) is 7.74. The first-order valence-electron chi connectivity index (χ1n) is 12.4. The Morgan fingerprint density at radius 2 is 1.87 bits per heavy atom. The van der Waals surface area contributed by atoms with Crippen molar-refractivity contribution in [3.63, 3.8) is 0 Å². The molecule has 0 bridgehead atoms. The SMILES string of the molecule is COc1cc2c(cc1OCc1ccc(C(F)(F)F)cc1F)CCN1Cc3c(c4ccccc4n3CO)CC21. The highest BCUT2D eigenvalue weighted by Crippen LogP contribution is 2.44. The molecule has 2 aliphatic rings. The van der Waals surface area contributed by atoms with Gasteiger partial charge in [0.25, 0.3) is 0 Å². The molecule has 1 aromatic heterocycles. The van der Waals surface area contributed by atoms with Crippen molar-refractivity contribution >= 4 is 10.9 Å². The highest BCUT2D eigenvalue weighted by molar-refractivity contribution is 5.86. The van der Waals surface area contributed by atoms with E-state index in [1.807, 2.05) is 34.9 Å². The molecule has 3 aromatic carbocycles. The fraction of sp³-hybridized carbons (Fsp3) is 0.310. The van der Waals surface area contributed by atoms with Crippen molar-refractivity contribution in [1.29, 1.82) is 0 Å². The molecule has 0 saturated heterocycles. The lowest BCUT2D eigenvalue weighted by atomic mass is 9.85. The summed E-state index contributed by atoms with van der Waals surface area (Å²) in [6.45, 7) is 1.25. The first-order chi connectivity index (χ1) is 18.3. The van der Waals surface area contributed by atoms with Crippen molar-refractivity contribution in [3.05, 3.63) is 93.9 Å². The molecule has 0 spiro atoms. The molecule has 0 radical (unpaired) electrons. The third kappa shape index (κ3) is 4.10. The van der Waals surface area contributed by atoms with E-state index in [0.717, 1.165) is 65.8 Å². The number of fused-ring (bicyclic) bond motifs is 6. The number of benzene rings is 3. The van der Waals surface area contributed by atoms with Gasteiger partial charge in [0, 0.05) is 35.8 Å². The Balaban J connectivity index is 1.29. The summed E-state index contributed by atoms with van der Waals surface area (Å²) >= 11 is 0. The number of ether oxygens (including phenoxy) is 2. The van der Waals surface area contributed by atoms with Crippen LogP contribution in [0.4, 0.5) is 17.6 Å². The Bertz CT molecular complexity index is 1530. The number of alkyl halides is 3. The van der Waals surface area contributed by atoms with E-state index >= 15 is 0 Å². The molecule has 1 unspecified atom stereocenters. The van der Waals surface area contributed by atoms with Crippen LogP contribution >= 0.6 is 0 Å². The van der Waals surface area contributed by atoms with E-state index in [1.165, 1.54) is 12.7 Å². The number of methoxy groups -OCH3 is 1. The average Bonchev–Trinajstić information content (AvgIpc) is 3.22. The number of aliphatic hydroxyl groups is 1. The second-order valence-corrected chi connectivity index (χ2v) is 9.75. The Kier molecular flexibility index (Phi) is 6.07. The number of aliphatic hydroxyl groups excluding tert-OH is 1. The van der Waals surface area contributed by atoms with Gasteiger partial charge < -0.3 is 19.1 Å². The molecule has 0 fully saturated rings. The van der Waals surface area contributed by atoms with Gasteiger partial charge in [0.1, 0.15) is 19.2 Å². The fourth-order valence-electron chi connectivity index (χ4n) is 5.84. The molecule has 2 aliphatic heterocycles. The summed E-state index contributed by atoms with van der Waals surface area (Å²) < 4.78 is 66.4. The number of halogens is 4. The number of rotatable bonds is 5. The van der Waals surface area contributed by atoms with Crippen molar-refractivity contribution < 1.29 is 32.1 Å². The number of nitrogens with zero attached hydrogens (tertiary/aromatic N) is 2. The number of hydrogen-bond acceptors (Lipinski definition) is 4. The summed E-state index contributed by atoms with van der Waals surface area (Å²) in [5, 5.41) is 11.2. The quantitative estimate of drug-likeness (QED) is 0.325. The molecule has 198 valence electrons. The van der Waals surface area contributed by atoms with Crippen molar-refractivity contribution in [3.8, 4) is 11.5 Å². The minimum atomic E-state index is -4.61. The number of hydrogen-bond donors (Lipinski definition) is 1. The number of aromatic nitrogens is 1. The summed E-state index contributed by atoms with van der Waals surface area (Å²) in [4.78, 5) is 2.41. The molecular formula is C29H26F4N2O3. The van der Waals surface area contributed by atoms with Gasteiger partial charge in [0.05, 0.1) is 18.2 Å². The van der Waals surface area contributed by atoms with Crippen molar-refractivity contribution in [1.82, 2.24) is 9.47 Å². The van der Waals surface area contributed by atoms with Gasteiger partial charge in [-0.3, -0.25) is 4.90 Å². The number of para-hydroxylation sites is 1. The van der Waals surface area contributed by atoms with Crippen molar-refractivity contribution in [2.24, 2.45) is 0 Å². The minimum Gasteiger partial charge on any atom is -0.493 e. The van der Waals surface area contributed by atoms with E-state index in [2.05, 4.69) is 11.0 Å². The summed E-state index contributed by atoms with van der Waals surface area (Å²) in [7, 11) is 1.53. The zero-order valence-corrected chi connectivity index (χ0v) is 20.7. The molecule has 6 rings (SSSR count). The molecule has 3 heterocycles. The predicted octanol–water partition coefficient (Wildman–Crippen LogP) is 5.99. The smallest absolute Gasteiger partial charge is 0.416 e. The summed E-state index contributed by atoms with van der Waals surface area (Å²) in [5.74, 6) is -0.0543. The van der Waals surface area contributed by atoms with E-state index in [0.29, 0.717) is 17.6 Å². The van der Waals surface area contributed by atoms with Crippen LogP contribution in [0.3, 0.4) is 0 Å². The highest BCUT2D eigenvalue weighted by Gasteiger charge is 2.36. The van der Waals surface area contributed by atoms with Crippen molar-refractivity contribution in [2.75, 3.05) is 13.7 Å². The van der Waals surface area contributed by atoms with Crippen LogP contribution in [0.1, 0.15) is 39.6 Å². The van der Waals surface area contributed by atoms with Gasteiger partial charge in [-0.15, -0.1) is 0 Å². The standard InChI is InChI=1S/C29H26F4N2O3/c1-37-27-13-21-17(10-28(27)38-15-18-6-7-19(11-23(18)30)29(31,32)33)8-9-34-14-26-22(12-25(21)34)20-4-2-3-5-24(20)35(26)16-36/h2-7,10-11,13,25,36H,8-9,12,14-16H2,1H3. The van der Waals surface area contributed by atoms with Gasteiger partial charge in [-0.1, -0.05) is 24.3 Å². The second kappa shape index (κ2) is 9.32. The van der Waals surface area contributed by atoms with E-state index in [9.17, 15) is 22.7 Å². The minimum absolute atomic E-state index is 0.0315. The monoisotopic (exact) mass is 526 g/mol. The topological polar surface area (TPSA) is 46.9 Å². The molecule has 0 aliphatic carbocycles. The lowest BCUT2D eigenvalue weighted by Crippen LogP contribution is -2.39. The third-order valence-electron chi connectivity index (χ3n) is 7.74. The summed E-state index contributed by atoms with van der Waals surface area (Å²) in [6, 6.07) is 14.5. The molecule has 0 amide bonds. The molecule has 1 atom stereocenters. The summed E-state index contributed by atoms with van der Waals surface area (Å²) in [6.07, 6.45) is -3.05. The normalized spacial score (nSPS) is 17.2. The van der Waals surface area contributed by atoms with E-state index < -0.39 is 17.6 Å². The van der Waals surface area contributed by atoms with Gasteiger partial charge >= 0.3 is 6.18 Å². The van der Waals surface area contributed by atoms with Crippen LogP contribution in [0.25, 0.3) is 10.9 Å². The van der Waals surface area contributed by atoms with E-state index in [-0.39, 0.29) is 24.9 Å². The van der Waals surface area contributed by atoms with Crippen molar-refractivity contribution in [2.45, 2.75) is 44.9 Å². The maximum atomic E-state index is 14.3. The molecule has 0 saturated carbocycles. The molecule has 5 nitrogen and oxygen atoms in total. The van der Waals surface area contributed by atoms with E-state index in [1.54, 1.807) is 0 Å². The Morgan fingerprint density at radius 1 is 1.05 bits per heavy atom. The van der Waals surface area contributed by atoms with E-state index in [4.69, 9.17) is 9.47 Å². The van der Waals surface area contributed by atoms with Gasteiger partial charge in [0.15, 0.2) is 11.5 Å². The van der Waals surface area contributed by atoms with Gasteiger partial charge in [-0.25, -0.2) is 4.39 Å². The fourth-order valence-corrected chi connectivity index (χ4v) is 5.84. The lowest BCUT2D eigenvalue weighted by molar-refractivity contribution is -0.137. The lowest BCUT2D eigenvalue weighted by Gasteiger charge is -2.41. The predicted molar refractivity (Wildman–Crippen MR) is 133 cm³/mol. The maximum Gasteiger partial charge on any atom is 0.416 e. The zero-order chi connectivity index (χ0) is 26.6. The van der Waals surface area contributed by atoms with Crippen LogP contribution in [-0.2, 0) is 38.9 Å².